The number of amides is 4. The number of carbonyl (C=O) groups excluding carboxylic acids is 4. The van der Waals surface area contributed by atoms with Crippen LogP contribution in [0.1, 0.15) is 108 Å². The van der Waals surface area contributed by atoms with Crippen molar-refractivity contribution in [3.63, 3.8) is 0 Å². The lowest BCUT2D eigenvalue weighted by Gasteiger charge is -2.33. The second kappa shape index (κ2) is 22.8. The molecule has 12 heteroatoms. The molecule has 0 aromatic heterocycles. The zero-order valence-electron chi connectivity index (χ0n) is 31.2. The van der Waals surface area contributed by atoms with E-state index in [-0.39, 0.29) is 23.6 Å². The van der Waals surface area contributed by atoms with Gasteiger partial charge in [0.2, 0.25) is 23.6 Å². The molecule has 4 rings (SSSR count). The van der Waals surface area contributed by atoms with E-state index in [4.69, 9.17) is 9.47 Å². The van der Waals surface area contributed by atoms with Gasteiger partial charge in [0.25, 0.3) is 0 Å². The number of carbonyl (C=O) groups is 4. The summed E-state index contributed by atoms with van der Waals surface area (Å²) in [6.45, 7) is 9.10. The lowest BCUT2D eigenvalue weighted by molar-refractivity contribution is -0.141. The van der Waals surface area contributed by atoms with Crippen molar-refractivity contribution in [1.29, 1.82) is 0 Å². The summed E-state index contributed by atoms with van der Waals surface area (Å²) in [5, 5.41) is 13.3. The van der Waals surface area contributed by atoms with Crippen LogP contribution in [0.15, 0.2) is 24.3 Å². The Morgan fingerprint density at radius 3 is 1.51 bits per heavy atom. The number of nitrogens with one attached hydrogen (secondary N) is 4. The van der Waals surface area contributed by atoms with Crippen LogP contribution in [0.25, 0.3) is 0 Å². The predicted molar refractivity (Wildman–Crippen MR) is 198 cm³/mol. The second-order valence-corrected chi connectivity index (χ2v) is 14.3. The molecule has 2 saturated heterocycles. The second-order valence-electron chi connectivity index (χ2n) is 14.3. The van der Waals surface area contributed by atoms with Crippen LogP contribution < -0.4 is 21.3 Å². The first-order valence-corrected chi connectivity index (χ1v) is 19.8. The number of rotatable bonds is 12. The van der Waals surface area contributed by atoms with E-state index < -0.39 is 24.2 Å². The summed E-state index contributed by atoms with van der Waals surface area (Å²) in [5.74, 6) is -0.626. The fraction of sp³-hybridized carbons (Fsp3) is 0.744. The van der Waals surface area contributed by atoms with Gasteiger partial charge in [-0.25, -0.2) is 0 Å². The third kappa shape index (κ3) is 13.8. The molecule has 0 aliphatic carbocycles. The minimum absolute atomic E-state index is 0.130. The molecule has 51 heavy (non-hydrogen) atoms. The standard InChI is InChI=1S/C39H64N6O6/c1-3-5-7-9-15-32-36(46)42-34(38(48)44-19-23-50-24-20-44)17-12-18-35(39(49)45-21-25-51-26-22-45)43-37(47)33(16-10-8-6-4-2)41-29-31-14-11-13-30(27-31)28-40-32/h11,13-14,27,32-35,40-41H,3-10,12,15-26,28-29H2,1-2H3,(H,42,46)(H,43,47). The first kappa shape index (κ1) is 40.7. The van der Waals surface area contributed by atoms with Crippen molar-refractivity contribution >= 4 is 23.6 Å². The molecule has 3 aliphatic heterocycles. The Kier molecular flexibility index (Phi) is 18.2. The van der Waals surface area contributed by atoms with Crippen LogP contribution in [0.3, 0.4) is 0 Å². The summed E-state index contributed by atoms with van der Waals surface area (Å²) in [7, 11) is 0. The Hall–Kier alpha value is -3.06. The third-order valence-corrected chi connectivity index (χ3v) is 10.3. The Morgan fingerprint density at radius 2 is 1.10 bits per heavy atom. The van der Waals surface area contributed by atoms with E-state index in [1.54, 1.807) is 9.80 Å². The number of hydrogen-bond acceptors (Lipinski definition) is 8. The van der Waals surface area contributed by atoms with Crippen molar-refractivity contribution in [1.82, 2.24) is 31.1 Å². The van der Waals surface area contributed by atoms with Gasteiger partial charge in [-0.3, -0.25) is 19.2 Å². The van der Waals surface area contributed by atoms with E-state index in [0.717, 1.165) is 62.5 Å². The largest absolute Gasteiger partial charge is 0.378 e. The lowest BCUT2D eigenvalue weighted by atomic mass is 10.00. The fourth-order valence-corrected chi connectivity index (χ4v) is 7.13. The van der Waals surface area contributed by atoms with E-state index >= 15 is 0 Å². The average Bonchev–Trinajstić information content (AvgIpc) is 3.16. The zero-order valence-corrected chi connectivity index (χ0v) is 31.2. The molecule has 0 spiro atoms. The number of fused-ring (bicyclic) bond motifs is 2. The van der Waals surface area contributed by atoms with E-state index in [0.29, 0.717) is 97.8 Å². The van der Waals surface area contributed by atoms with Crippen molar-refractivity contribution in [2.45, 2.75) is 135 Å². The molecular weight excluding hydrogens is 648 g/mol. The number of hydrogen-bond donors (Lipinski definition) is 4. The quantitative estimate of drug-likeness (QED) is 0.242. The van der Waals surface area contributed by atoms with Gasteiger partial charge in [-0.1, -0.05) is 89.5 Å². The molecule has 1 aromatic rings. The van der Waals surface area contributed by atoms with Gasteiger partial charge in [0, 0.05) is 39.3 Å². The molecule has 2 bridgehead atoms. The van der Waals surface area contributed by atoms with Gasteiger partial charge >= 0.3 is 0 Å². The average molecular weight is 713 g/mol. The van der Waals surface area contributed by atoms with E-state index in [1.807, 2.05) is 18.2 Å². The van der Waals surface area contributed by atoms with Crippen LogP contribution in [0.4, 0.5) is 0 Å². The van der Waals surface area contributed by atoms with Crippen LogP contribution in [-0.4, -0.2) is 110 Å². The molecule has 0 radical (unpaired) electrons. The monoisotopic (exact) mass is 712 g/mol. The molecule has 2 fully saturated rings. The number of nitrogens with zero attached hydrogens (tertiary/aromatic N) is 2. The Labute approximate surface area is 305 Å². The Morgan fingerprint density at radius 1 is 0.667 bits per heavy atom. The minimum atomic E-state index is -0.749. The van der Waals surface area contributed by atoms with Crippen molar-refractivity contribution in [3.8, 4) is 0 Å². The SMILES string of the molecule is CCCCCCC1NCc2cccc(c2)CNC(CCCCCC)C(=O)NC(C(=O)N2CCOCC2)CCCC(C(=O)N2CCOCC2)NC1=O. The first-order valence-electron chi connectivity index (χ1n) is 19.8. The lowest BCUT2D eigenvalue weighted by Crippen LogP contribution is -2.56. The smallest absolute Gasteiger partial charge is 0.245 e. The number of ether oxygens (including phenoxy) is 2. The highest BCUT2D eigenvalue weighted by atomic mass is 16.5. The maximum Gasteiger partial charge on any atom is 0.245 e. The molecule has 4 unspecified atom stereocenters. The van der Waals surface area contributed by atoms with Crippen LogP contribution in [-0.2, 0) is 41.7 Å². The third-order valence-electron chi connectivity index (χ3n) is 10.3. The predicted octanol–water partition coefficient (Wildman–Crippen LogP) is 3.41. The minimum Gasteiger partial charge on any atom is -0.378 e. The molecule has 4 atom stereocenters. The Bertz CT molecular complexity index is 1130. The highest BCUT2D eigenvalue weighted by Crippen LogP contribution is 2.16. The Balaban J connectivity index is 1.61. The molecule has 3 heterocycles. The molecule has 4 N–H and O–H groups in total. The van der Waals surface area contributed by atoms with Gasteiger partial charge in [-0.2, -0.15) is 0 Å². The van der Waals surface area contributed by atoms with Crippen molar-refractivity contribution < 1.29 is 28.7 Å². The highest BCUT2D eigenvalue weighted by molar-refractivity contribution is 5.91. The molecule has 3 aliphatic rings. The van der Waals surface area contributed by atoms with Gasteiger partial charge in [0.05, 0.1) is 38.5 Å². The van der Waals surface area contributed by atoms with Crippen LogP contribution in [0.5, 0.6) is 0 Å². The summed E-state index contributed by atoms with van der Waals surface area (Å²) in [5.41, 5.74) is 2.09. The summed E-state index contributed by atoms with van der Waals surface area (Å²) in [4.78, 5) is 59.3. The molecule has 4 amide bonds. The summed E-state index contributed by atoms with van der Waals surface area (Å²) in [6.07, 6.45) is 10.9. The van der Waals surface area contributed by atoms with Gasteiger partial charge < -0.3 is 40.5 Å². The summed E-state index contributed by atoms with van der Waals surface area (Å²) in [6, 6.07) is 5.80. The number of benzene rings is 1. The van der Waals surface area contributed by atoms with Crippen LogP contribution in [0, 0.1) is 0 Å². The maximum atomic E-state index is 14.0. The molecule has 12 nitrogen and oxygen atoms in total. The topological polar surface area (TPSA) is 141 Å². The molecule has 0 saturated carbocycles. The maximum absolute atomic E-state index is 14.0. The van der Waals surface area contributed by atoms with E-state index in [2.05, 4.69) is 41.2 Å². The van der Waals surface area contributed by atoms with Gasteiger partial charge in [-0.05, 0) is 43.2 Å². The van der Waals surface area contributed by atoms with Gasteiger partial charge in [-0.15, -0.1) is 0 Å². The van der Waals surface area contributed by atoms with Crippen molar-refractivity contribution in [2.24, 2.45) is 0 Å². The first-order chi connectivity index (χ1) is 24.9. The van der Waals surface area contributed by atoms with E-state index in [9.17, 15) is 19.2 Å². The normalized spacial score (nSPS) is 24.6. The van der Waals surface area contributed by atoms with Crippen LogP contribution >= 0.6 is 0 Å². The molecule has 286 valence electrons. The van der Waals surface area contributed by atoms with Crippen LogP contribution in [0.2, 0.25) is 0 Å². The molecule has 1 aromatic carbocycles. The number of unbranched alkanes of at least 4 members (excludes halogenated alkanes) is 6. The van der Waals surface area contributed by atoms with Gasteiger partial charge in [0.1, 0.15) is 12.1 Å². The van der Waals surface area contributed by atoms with Crippen molar-refractivity contribution in [2.75, 3.05) is 52.6 Å². The number of morpholine rings is 2. The van der Waals surface area contributed by atoms with Gasteiger partial charge in [0.15, 0.2) is 0 Å². The fourth-order valence-electron chi connectivity index (χ4n) is 7.13. The molecular formula is C39H64N6O6. The summed E-state index contributed by atoms with van der Waals surface area (Å²) >= 11 is 0. The highest BCUT2D eigenvalue weighted by Gasteiger charge is 2.33. The van der Waals surface area contributed by atoms with E-state index in [1.165, 1.54) is 0 Å². The summed E-state index contributed by atoms with van der Waals surface area (Å²) < 4.78 is 11.0. The van der Waals surface area contributed by atoms with Crippen molar-refractivity contribution in [3.05, 3.63) is 35.4 Å². The zero-order chi connectivity index (χ0) is 36.3.